The third-order valence-electron chi connectivity index (χ3n) is 2.36. The molecule has 0 saturated carbocycles. The first kappa shape index (κ1) is 12.0. The largest absolute Gasteiger partial charge is 0.417 e. The molecule has 2 heterocycles. The Hall–Kier alpha value is -1.51. The van der Waals surface area contributed by atoms with Gasteiger partial charge in [-0.2, -0.15) is 0 Å². The lowest BCUT2D eigenvalue weighted by atomic mass is 10.3. The molecule has 17 heavy (non-hydrogen) atoms. The van der Waals surface area contributed by atoms with Gasteiger partial charge in [0.15, 0.2) is 11.5 Å². The van der Waals surface area contributed by atoms with E-state index >= 15 is 0 Å². The molecule has 1 aromatic heterocycles. The van der Waals surface area contributed by atoms with E-state index in [1.165, 1.54) is 0 Å². The van der Waals surface area contributed by atoms with E-state index < -0.39 is 5.76 Å². The van der Waals surface area contributed by atoms with E-state index in [-0.39, 0.29) is 24.0 Å². The van der Waals surface area contributed by atoms with E-state index in [0.717, 1.165) is 24.7 Å². The van der Waals surface area contributed by atoms with Crippen LogP contribution in [0.2, 0.25) is 0 Å². The van der Waals surface area contributed by atoms with Gasteiger partial charge < -0.3 is 15.1 Å². The van der Waals surface area contributed by atoms with E-state index in [1.807, 2.05) is 6.07 Å². The first-order valence-electron chi connectivity index (χ1n) is 5.00. The third kappa shape index (κ3) is 2.43. The maximum absolute atomic E-state index is 11.0. The summed E-state index contributed by atoms with van der Waals surface area (Å²) in [6.45, 7) is 1.75. The molecule has 1 saturated heterocycles. The predicted molar refractivity (Wildman–Crippen MR) is 75.4 cm³/mol. The highest BCUT2D eigenvalue weighted by atomic mass is 127. The van der Waals surface area contributed by atoms with E-state index in [4.69, 9.17) is 4.42 Å². The van der Waals surface area contributed by atoms with Crippen molar-refractivity contribution in [1.29, 1.82) is 0 Å². The van der Waals surface area contributed by atoms with Gasteiger partial charge in [0.1, 0.15) is 0 Å². The third-order valence-corrected chi connectivity index (χ3v) is 2.36. The zero-order valence-corrected chi connectivity index (χ0v) is 11.1. The summed E-state index contributed by atoms with van der Waals surface area (Å²) in [4.78, 5) is 17.9. The van der Waals surface area contributed by atoms with Crippen molar-refractivity contribution in [2.45, 2.75) is 0 Å². The molecule has 6 nitrogen and oxygen atoms in total. The van der Waals surface area contributed by atoms with Gasteiger partial charge in [-0.05, 0) is 12.1 Å². The number of rotatable bonds is 1. The molecule has 0 radical (unpaired) electrons. The lowest BCUT2D eigenvalue weighted by Gasteiger charge is -1.98. The summed E-state index contributed by atoms with van der Waals surface area (Å²) in [5.41, 5.74) is 1.94. The number of nitrogens with one attached hydrogen (secondary N) is 3. The van der Waals surface area contributed by atoms with Crippen molar-refractivity contribution in [2.24, 2.45) is 4.99 Å². The monoisotopic (exact) mass is 346 g/mol. The Balaban J connectivity index is 0.00000108. The number of guanidine groups is 1. The highest BCUT2D eigenvalue weighted by Gasteiger charge is 2.06. The second-order valence-corrected chi connectivity index (χ2v) is 3.51. The number of H-pyrrole nitrogens is 1. The SMILES string of the molecule is I.O=c1[nH]c2ccc(N=C3NCCN3)cc2o1. The summed E-state index contributed by atoms with van der Waals surface area (Å²) in [5.74, 6) is 0.300. The van der Waals surface area contributed by atoms with E-state index in [2.05, 4.69) is 20.6 Å². The fourth-order valence-electron chi connectivity index (χ4n) is 1.64. The van der Waals surface area contributed by atoms with Gasteiger partial charge in [-0.15, -0.1) is 24.0 Å². The number of aliphatic imine (C=N–C) groups is 1. The average Bonchev–Trinajstić information content (AvgIpc) is 2.85. The van der Waals surface area contributed by atoms with Crippen molar-refractivity contribution in [2.75, 3.05) is 13.1 Å². The molecule has 0 amide bonds. The minimum atomic E-state index is -0.447. The van der Waals surface area contributed by atoms with Crippen molar-refractivity contribution in [3.8, 4) is 0 Å². The van der Waals surface area contributed by atoms with Gasteiger partial charge in [0.25, 0.3) is 0 Å². The molecule has 0 aliphatic carbocycles. The summed E-state index contributed by atoms with van der Waals surface area (Å²) in [5, 5.41) is 6.19. The zero-order chi connectivity index (χ0) is 11.0. The Morgan fingerprint density at radius 2 is 2.00 bits per heavy atom. The number of hydrogen-bond donors (Lipinski definition) is 3. The number of aromatic amines is 1. The second-order valence-electron chi connectivity index (χ2n) is 3.51. The Morgan fingerprint density at radius 3 is 2.76 bits per heavy atom. The highest BCUT2D eigenvalue weighted by molar-refractivity contribution is 14.0. The van der Waals surface area contributed by atoms with Crippen LogP contribution in [0.15, 0.2) is 32.4 Å². The molecule has 7 heteroatoms. The van der Waals surface area contributed by atoms with Crippen molar-refractivity contribution in [1.82, 2.24) is 15.6 Å². The molecule has 0 unspecified atom stereocenters. The van der Waals surface area contributed by atoms with Crippen LogP contribution in [-0.2, 0) is 0 Å². The van der Waals surface area contributed by atoms with Crippen molar-refractivity contribution < 1.29 is 4.42 Å². The summed E-state index contributed by atoms with van der Waals surface area (Å²) < 4.78 is 4.95. The molecule has 0 spiro atoms. The van der Waals surface area contributed by atoms with Gasteiger partial charge in [0.2, 0.25) is 0 Å². The minimum Gasteiger partial charge on any atom is -0.408 e. The number of hydrogen-bond acceptors (Lipinski definition) is 3. The average molecular weight is 346 g/mol. The second kappa shape index (κ2) is 4.78. The maximum atomic E-state index is 11.0. The first-order chi connectivity index (χ1) is 7.81. The number of benzene rings is 1. The highest BCUT2D eigenvalue weighted by Crippen LogP contribution is 2.18. The molecule has 1 aliphatic rings. The topological polar surface area (TPSA) is 82.4 Å². The van der Waals surface area contributed by atoms with E-state index in [9.17, 15) is 4.79 Å². The number of aromatic nitrogens is 1. The van der Waals surface area contributed by atoms with Crippen molar-refractivity contribution in [3.63, 3.8) is 0 Å². The lowest BCUT2D eigenvalue weighted by Crippen LogP contribution is -2.23. The van der Waals surface area contributed by atoms with Crippen LogP contribution < -0.4 is 16.4 Å². The summed E-state index contributed by atoms with van der Waals surface area (Å²) >= 11 is 0. The van der Waals surface area contributed by atoms with Gasteiger partial charge in [-0.3, -0.25) is 4.98 Å². The molecular formula is C10H11IN4O2. The van der Waals surface area contributed by atoms with Gasteiger partial charge in [0.05, 0.1) is 11.2 Å². The molecule has 1 fully saturated rings. The summed E-state index contributed by atoms with van der Waals surface area (Å²) in [6, 6.07) is 5.32. The Kier molecular flexibility index (Phi) is 3.36. The first-order valence-corrected chi connectivity index (χ1v) is 5.00. The van der Waals surface area contributed by atoms with Crippen LogP contribution in [0, 0.1) is 0 Å². The number of oxazole rings is 1. The van der Waals surface area contributed by atoms with E-state index in [1.54, 1.807) is 12.1 Å². The molecule has 1 aliphatic heterocycles. The van der Waals surface area contributed by atoms with Crippen LogP contribution >= 0.6 is 24.0 Å². The van der Waals surface area contributed by atoms with Crippen molar-refractivity contribution >= 4 is 46.7 Å². The van der Waals surface area contributed by atoms with Crippen LogP contribution in [0.1, 0.15) is 0 Å². The minimum absolute atomic E-state index is 0. The standard InChI is InChI=1S/C10H10N4O2.HI/c15-10-14-7-2-1-6(5-8(7)16-10)13-9-11-3-4-12-9;/h1-2,5H,3-4H2,(H,14,15)(H2,11,12,13);1H. The Labute approximate surface area is 114 Å². The van der Waals surface area contributed by atoms with Crippen LogP contribution in [0.4, 0.5) is 5.69 Å². The fourth-order valence-corrected chi connectivity index (χ4v) is 1.64. The molecular weight excluding hydrogens is 335 g/mol. The molecule has 3 N–H and O–H groups in total. The van der Waals surface area contributed by atoms with Crippen molar-refractivity contribution in [3.05, 3.63) is 28.7 Å². The Bertz CT molecular complexity index is 608. The summed E-state index contributed by atoms with van der Waals surface area (Å²) in [6.07, 6.45) is 0. The van der Waals surface area contributed by atoms with Crippen LogP contribution in [0.25, 0.3) is 11.1 Å². The summed E-state index contributed by atoms with van der Waals surface area (Å²) in [7, 11) is 0. The zero-order valence-electron chi connectivity index (χ0n) is 8.82. The van der Waals surface area contributed by atoms with Crippen LogP contribution in [-0.4, -0.2) is 24.0 Å². The number of nitrogens with zero attached hydrogens (tertiary/aromatic N) is 1. The van der Waals surface area contributed by atoms with E-state index in [0.29, 0.717) is 11.1 Å². The fraction of sp³-hybridized carbons (Fsp3) is 0.200. The van der Waals surface area contributed by atoms with Gasteiger partial charge >= 0.3 is 5.76 Å². The lowest BCUT2D eigenvalue weighted by molar-refractivity contribution is 0.555. The molecule has 1 aromatic carbocycles. The number of fused-ring (bicyclic) bond motifs is 1. The molecule has 2 aromatic rings. The quantitative estimate of drug-likeness (QED) is 0.671. The smallest absolute Gasteiger partial charge is 0.408 e. The van der Waals surface area contributed by atoms with Crippen LogP contribution in [0.3, 0.4) is 0 Å². The number of halogens is 1. The van der Waals surface area contributed by atoms with Gasteiger partial charge in [-0.25, -0.2) is 9.79 Å². The van der Waals surface area contributed by atoms with Crippen LogP contribution in [0.5, 0.6) is 0 Å². The molecule has 0 bridgehead atoms. The van der Waals surface area contributed by atoms with Gasteiger partial charge in [0, 0.05) is 19.2 Å². The molecule has 3 rings (SSSR count). The Morgan fingerprint density at radius 1 is 1.24 bits per heavy atom. The maximum Gasteiger partial charge on any atom is 0.417 e. The normalized spacial score (nSPS) is 14.0. The molecule has 90 valence electrons. The van der Waals surface area contributed by atoms with Gasteiger partial charge in [-0.1, -0.05) is 0 Å². The molecule has 0 atom stereocenters. The predicted octanol–water partition coefficient (Wildman–Crippen LogP) is 0.919.